The topological polar surface area (TPSA) is 58.6 Å². The summed E-state index contributed by atoms with van der Waals surface area (Å²) in [7, 11) is 1.55. The molecule has 0 atom stereocenters. The van der Waals surface area contributed by atoms with Crippen LogP contribution >= 0.6 is 0 Å². The molecule has 0 radical (unpaired) electrons. The standard InChI is InChI=1S/C25H21FN2O3/c1-3-16-7-13-20(14-8-16)28-24(29)22(17-9-11-18(26)12-10-17)23(25(28)30)27-19-5-4-6-21(15-19)31-2/h4-15,27H,3H2,1-2H3. The molecule has 1 N–H and O–H groups in total. The molecule has 0 saturated heterocycles. The van der Waals surface area contributed by atoms with Gasteiger partial charge in [-0.05, 0) is 53.9 Å². The Labute approximate surface area is 179 Å². The van der Waals surface area contributed by atoms with Gasteiger partial charge in [0, 0.05) is 11.8 Å². The molecular weight excluding hydrogens is 395 g/mol. The first-order chi connectivity index (χ1) is 15.0. The van der Waals surface area contributed by atoms with Crippen LogP contribution in [-0.4, -0.2) is 18.9 Å². The highest BCUT2D eigenvalue weighted by Gasteiger charge is 2.40. The van der Waals surface area contributed by atoms with Crippen molar-refractivity contribution >= 4 is 28.8 Å². The van der Waals surface area contributed by atoms with Gasteiger partial charge >= 0.3 is 0 Å². The highest BCUT2D eigenvalue weighted by Crippen LogP contribution is 2.34. The van der Waals surface area contributed by atoms with E-state index in [2.05, 4.69) is 5.32 Å². The van der Waals surface area contributed by atoms with Crippen molar-refractivity contribution in [2.45, 2.75) is 13.3 Å². The highest BCUT2D eigenvalue weighted by atomic mass is 19.1. The Morgan fingerprint density at radius 2 is 1.65 bits per heavy atom. The molecule has 4 rings (SSSR count). The van der Waals surface area contributed by atoms with E-state index in [-0.39, 0.29) is 11.3 Å². The van der Waals surface area contributed by atoms with E-state index in [9.17, 15) is 14.0 Å². The molecular formula is C25H21FN2O3. The normalized spacial score (nSPS) is 13.7. The number of aryl methyl sites for hydroxylation is 1. The lowest BCUT2D eigenvalue weighted by Gasteiger charge is -2.16. The van der Waals surface area contributed by atoms with Crippen molar-refractivity contribution in [2.75, 3.05) is 17.3 Å². The minimum atomic E-state index is -0.476. The number of methoxy groups -OCH3 is 1. The monoisotopic (exact) mass is 416 g/mol. The largest absolute Gasteiger partial charge is 0.497 e. The number of ether oxygens (including phenoxy) is 1. The second-order valence-electron chi connectivity index (χ2n) is 7.08. The lowest BCUT2D eigenvalue weighted by atomic mass is 10.0. The van der Waals surface area contributed by atoms with Crippen molar-refractivity contribution in [3.05, 3.63) is 95.4 Å². The van der Waals surface area contributed by atoms with Crippen LogP contribution in [0, 0.1) is 5.82 Å². The van der Waals surface area contributed by atoms with Crippen LogP contribution in [-0.2, 0) is 16.0 Å². The van der Waals surface area contributed by atoms with E-state index >= 15 is 0 Å². The lowest BCUT2D eigenvalue weighted by Crippen LogP contribution is -2.32. The summed E-state index contributed by atoms with van der Waals surface area (Å²) in [5.41, 5.74) is 2.95. The number of nitrogens with zero attached hydrogens (tertiary/aromatic N) is 1. The van der Waals surface area contributed by atoms with E-state index in [0.717, 1.165) is 16.9 Å². The van der Waals surface area contributed by atoms with Gasteiger partial charge in [0.05, 0.1) is 18.4 Å². The Balaban J connectivity index is 1.79. The Morgan fingerprint density at radius 1 is 0.935 bits per heavy atom. The molecule has 0 saturated carbocycles. The van der Waals surface area contributed by atoms with Crippen LogP contribution in [0.2, 0.25) is 0 Å². The summed E-state index contributed by atoms with van der Waals surface area (Å²) in [5.74, 6) is -0.754. The molecule has 0 unspecified atom stereocenters. The van der Waals surface area contributed by atoms with E-state index < -0.39 is 17.6 Å². The number of nitrogens with one attached hydrogen (secondary N) is 1. The molecule has 6 heteroatoms. The smallest absolute Gasteiger partial charge is 0.282 e. The number of amides is 2. The third kappa shape index (κ3) is 3.92. The zero-order valence-electron chi connectivity index (χ0n) is 17.2. The molecule has 2 amide bonds. The van der Waals surface area contributed by atoms with Crippen LogP contribution in [0.5, 0.6) is 5.75 Å². The average molecular weight is 416 g/mol. The zero-order valence-corrected chi connectivity index (χ0v) is 17.2. The van der Waals surface area contributed by atoms with E-state index in [1.807, 2.05) is 19.1 Å². The number of rotatable bonds is 6. The molecule has 3 aromatic rings. The van der Waals surface area contributed by atoms with Gasteiger partial charge in [-0.3, -0.25) is 9.59 Å². The van der Waals surface area contributed by atoms with Crippen molar-refractivity contribution in [3.8, 4) is 5.75 Å². The molecule has 0 bridgehead atoms. The van der Waals surface area contributed by atoms with E-state index in [4.69, 9.17) is 4.74 Å². The minimum Gasteiger partial charge on any atom is -0.497 e. The van der Waals surface area contributed by atoms with Gasteiger partial charge in [0.25, 0.3) is 11.8 Å². The molecule has 0 spiro atoms. The highest BCUT2D eigenvalue weighted by molar-refractivity contribution is 6.46. The Bertz CT molecular complexity index is 1170. The van der Waals surface area contributed by atoms with Gasteiger partial charge in [-0.1, -0.05) is 37.3 Å². The first-order valence-corrected chi connectivity index (χ1v) is 9.91. The number of hydrogen-bond acceptors (Lipinski definition) is 4. The quantitative estimate of drug-likeness (QED) is 0.587. The number of benzene rings is 3. The minimum absolute atomic E-state index is 0.129. The van der Waals surface area contributed by atoms with Crippen LogP contribution in [0.3, 0.4) is 0 Å². The fourth-order valence-electron chi connectivity index (χ4n) is 3.49. The van der Waals surface area contributed by atoms with Gasteiger partial charge in [-0.25, -0.2) is 9.29 Å². The SMILES string of the molecule is CCc1ccc(N2C(=O)C(Nc3cccc(OC)c3)=C(c3ccc(F)cc3)C2=O)cc1. The van der Waals surface area contributed by atoms with Crippen LogP contribution in [0.25, 0.3) is 5.57 Å². The maximum Gasteiger partial charge on any atom is 0.282 e. The first kappa shape index (κ1) is 20.3. The predicted octanol–water partition coefficient (Wildman–Crippen LogP) is 4.79. The number of halogens is 1. The number of imide groups is 1. The Morgan fingerprint density at radius 3 is 2.29 bits per heavy atom. The molecule has 0 fully saturated rings. The summed E-state index contributed by atoms with van der Waals surface area (Å²) >= 11 is 0. The van der Waals surface area contributed by atoms with Crippen molar-refractivity contribution in [1.29, 1.82) is 0 Å². The predicted molar refractivity (Wildman–Crippen MR) is 118 cm³/mol. The van der Waals surface area contributed by atoms with Crippen molar-refractivity contribution in [2.24, 2.45) is 0 Å². The average Bonchev–Trinajstić information content (AvgIpc) is 3.04. The van der Waals surface area contributed by atoms with Gasteiger partial charge in [-0.2, -0.15) is 0 Å². The van der Waals surface area contributed by atoms with Gasteiger partial charge < -0.3 is 10.1 Å². The maximum atomic E-state index is 13.5. The molecule has 3 aromatic carbocycles. The molecule has 5 nitrogen and oxygen atoms in total. The maximum absolute atomic E-state index is 13.5. The van der Waals surface area contributed by atoms with Crippen LogP contribution < -0.4 is 15.0 Å². The number of anilines is 2. The second-order valence-corrected chi connectivity index (χ2v) is 7.08. The summed E-state index contributed by atoms with van der Waals surface area (Å²) < 4.78 is 18.7. The third-order valence-electron chi connectivity index (χ3n) is 5.16. The molecule has 1 aliphatic heterocycles. The molecule has 0 aliphatic carbocycles. The van der Waals surface area contributed by atoms with E-state index in [1.54, 1.807) is 43.5 Å². The molecule has 156 valence electrons. The van der Waals surface area contributed by atoms with Crippen molar-refractivity contribution in [3.63, 3.8) is 0 Å². The van der Waals surface area contributed by atoms with Gasteiger partial charge in [0.15, 0.2) is 0 Å². The summed E-state index contributed by atoms with van der Waals surface area (Å²) in [5, 5.41) is 3.08. The van der Waals surface area contributed by atoms with E-state index in [0.29, 0.717) is 22.7 Å². The van der Waals surface area contributed by atoms with E-state index in [1.165, 1.54) is 24.3 Å². The van der Waals surface area contributed by atoms with Crippen molar-refractivity contribution < 1.29 is 18.7 Å². The zero-order chi connectivity index (χ0) is 22.0. The number of carbonyl (C=O) groups is 2. The summed E-state index contributed by atoms with van der Waals surface area (Å²) in [6.07, 6.45) is 0.851. The second kappa shape index (κ2) is 8.44. The lowest BCUT2D eigenvalue weighted by molar-refractivity contribution is -0.120. The molecule has 31 heavy (non-hydrogen) atoms. The first-order valence-electron chi connectivity index (χ1n) is 9.91. The fourth-order valence-corrected chi connectivity index (χ4v) is 3.49. The summed E-state index contributed by atoms with van der Waals surface area (Å²) in [6.45, 7) is 2.03. The molecule has 1 heterocycles. The number of carbonyl (C=O) groups excluding carboxylic acids is 2. The van der Waals surface area contributed by atoms with Crippen LogP contribution in [0.1, 0.15) is 18.1 Å². The Hall–Kier alpha value is -3.93. The summed E-state index contributed by atoms with van der Waals surface area (Å²) in [4.78, 5) is 27.9. The van der Waals surface area contributed by atoms with Crippen molar-refractivity contribution in [1.82, 2.24) is 0 Å². The molecule has 0 aromatic heterocycles. The fraction of sp³-hybridized carbons (Fsp3) is 0.120. The van der Waals surface area contributed by atoms with Gasteiger partial charge in [0.2, 0.25) is 0 Å². The van der Waals surface area contributed by atoms with Crippen LogP contribution in [0.4, 0.5) is 15.8 Å². The van der Waals surface area contributed by atoms with Gasteiger partial charge in [0.1, 0.15) is 17.3 Å². The number of hydrogen-bond donors (Lipinski definition) is 1. The summed E-state index contributed by atoms with van der Waals surface area (Å²) in [6, 6.07) is 19.9. The van der Waals surface area contributed by atoms with Crippen LogP contribution in [0.15, 0.2) is 78.5 Å². The Kier molecular flexibility index (Phi) is 5.54. The molecule has 1 aliphatic rings. The third-order valence-corrected chi connectivity index (χ3v) is 5.16. The van der Waals surface area contributed by atoms with Gasteiger partial charge in [-0.15, -0.1) is 0 Å².